The smallest absolute Gasteiger partial charge is 0.376 e. The van der Waals surface area contributed by atoms with Gasteiger partial charge in [-0.05, 0) is 53.6 Å². The van der Waals surface area contributed by atoms with E-state index in [9.17, 15) is 19.2 Å². The van der Waals surface area contributed by atoms with E-state index in [2.05, 4.69) is 14.8 Å². The van der Waals surface area contributed by atoms with Crippen molar-refractivity contribution in [3.8, 4) is 0 Å². The highest BCUT2D eigenvalue weighted by Crippen LogP contribution is 2.10. The van der Waals surface area contributed by atoms with Gasteiger partial charge in [-0.25, -0.2) is 19.2 Å². The van der Waals surface area contributed by atoms with Crippen molar-refractivity contribution in [2.24, 2.45) is 0 Å². The highest BCUT2D eigenvalue weighted by atomic mass is 17.5. The molecule has 10 heteroatoms. The van der Waals surface area contributed by atoms with E-state index in [1.807, 2.05) is 0 Å². The first kappa shape index (κ1) is 21.0. The molecular weight excluding hydrogens is 400 g/mol. The van der Waals surface area contributed by atoms with Crippen LogP contribution in [0.4, 0.5) is 0 Å². The van der Waals surface area contributed by atoms with Gasteiger partial charge < -0.3 is 14.2 Å². The Labute approximate surface area is 170 Å². The fourth-order valence-corrected chi connectivity index (χ4v) is 2.31. The average Bonchev–Trinajstić information content (AvgIpc) is 2.78. The van der Waals surface area contributed by atoms with Gasteiger partial charge in [0.1, 0.15) is 26.4 Å². The molecule has 30 heavy (non-hydrogen) atoms. The standard InChI is InChI=1S/C10H8O6.C10H8O4/c11-9-7-1-3-8(4-2-7)10(12)15-16-14-6-5-13-9;11-9-7-1-2-8(4-3-7)10(12)14-6-5-13-9/h1-4H,5-6H2;1-4H,5-6H2. The van der Waals surface area contributed by atoms with Crippen molar-refractivity contribution >= 4 is 23.9 Å². The highest BCUT2D eigenvalue weighted by molar-refractivity contribution is 5.94. The van der Waals surface area contributed by atoms with Crippen LogP contribution < -0.4 is 0 Å². The van der Waals surface area contributed by atoms with Crippen LogP contribution in [0, 0.1) is 0 Å². The molecule has 0 saturated heterocycles. The molecule has 0 N–H and O–H groups in total. The van der Waals surface area contributed by atoms with Crippen LogP contribution in [0.2, 0.25) is 0 Å². The molecule has 2 aromatic carbocycles. The zero-order chi connectivity index (χ0) is 21.3. The Balaban J connectivity index is 0.000000172. The SMILES string of the molecule is O=C1OCCOC(=O)c2ccc1cc2.O=C1OCCOOOC(=O)c2ccc1cc2. The van der Waals surface area contributed by atoms with Crippen LogP contribution in [0.5, 0.6) is 0 Å². The molecule has 10 nitrogen and oxygen atoms in total. The van der Waals surface area contributed by atoms with E-state index in [0.717, 1.165) is 0 Å². The van der Waals surface area contributed by atoms with Crippen molar-refractivity contribution in [1.82, 2.24) is 0 Å². The normalized spacial score (nSPS) is 16.5. The van der Waals surface area contributed by atoms with Gasteiger partial charge in [0, 0.05) is 0 Å². The number of carbonyl (C=O) groups excluding carboxylic acids is 4. The molecule has 156 valence electrons. The summed E-state index contributed by atoms with van der Waals surface area (Å²) in [6.45, 7) is 0.194. The maximum atomic E-state index is 11.4. The van der Waals surface area contributed by atoms with Crippen molar-refractivity contribution in [2.45, 2.75) is 0 Å². The summed E-state index contributed by atoms with van der Waals surface area (Å²) in [5.74, 6) is -1.96. The van der Waals surface area contributed by atoms with Crippen LogP contribution >= 0.6 is 0 Å². The Morgan fingerprint density at radius 3 is 1.20 bits per heavy atom. The molecule has 0 saturated carbocycles. The predicted octanol–water partition coefficient (Wildman–Crippen LogP) is 1.89. The topological polar surface area (TPSA) is 124 Å². The van der Waals surface area contributed by atoms with Crippen LogP contribution in [0.15, 0.2) is 48.5 Å². The molecule has 0 aliphatic carbocycles. The maximum Gasteiger partial charge on any atom is 0.376 e. The monoisotopic (exact) mass is 416 g/mol. The molecule has 0 aromatic heterocycles. The van der Waals surface area contributed by atoms with Crippen LogP contribution in [-0.4, -0.2) is 50.3 Å². The lowest BCUT2D eigenvalue weighted by Crippen LogP contribution is -2.16. The second-order valence-corrected chi connectivity index (χ2v) is 5.82. The number of hydrogen-bond donors (Lipinski definition) is 0. The van der Waals surface area contributed by atoms with E-state index >= 15 is 0 Å². The number of esters is 3. The fourth-order valence-electron chi connectivity index (χ4n) is 2.31. The van der Waals surface area contributed by atoms with E-state index in [1.54, 1.807) is 24.3 Å². The Bertz CT molecular complexity index is 842. The molecule has 0 atom stereocenters. The number of hydrogen-bond acceptors (Lipinski definition) is 10. The highest BCUT2D eigenvalue weighted by Gasteiger charge is 2.14. The molecule has 0 unspecified atom stereocenters. The summed E-state index contributed by atoms with van der Waals surface area (Å²) < 4.78 is 14.5. The van der Waals surface area contributed by atoms with Gasteiger partial charge in [-0.1, -0.05) is 0 Å². The van der Waals surface area contributed by atoms with Crippen molar-refractivity contribution in [3.05, 3.63) is 70.8 Å². The molecule has 4 aliphatic rings. The van der Waals surface area contributed by atoms with E-state index in [-0.39, 0.29) is 32.0 Å². The van der Waals surface area contributed by atoms with Crippen molar-refractivity contribution < 1.29 is 48.2 Å². The number of benzene rings is 2. The molecule has 4 heterocycles. The first-order valence-corrected chi connectivity index (χ1v) is 8.76. The molecule has 0 spiro atoms. The van der Waals surface area contributed by atoms with E-state index < -0.39 is 23.9 Å². The summed E-state index contributed by atoms with van der Waals surface area (Å²) in [6.07, 6.45) is 0. The average molecular weight is 416 g/mol. The third-order valence-electron chi connectivity index (χ3n) is 3.82. The van der Waals surface area contributed by atoms with Crippen molar-refractivity contribution in [3.63, 3.8) is 0 Å². The van der Waals surface area contributed by atoms with Crippen LogP contribution in [0.1, 0.15) is 41.4 Å². The predicted molar refractivity (Wildman–Crippen MR) is 96.2 cm³/mol. The molecule has 2 aromatic rings. The number of fused-ring (bicyclic) bond motifs is 16. The van der Waals surface area contributed by atoms with E-state index in [0.29, 0.717) is 16.7 Å². The first-order valence-electron chi connectivity index (χ1n) is 8.76. The van der Waals surface area contributed by atoms with E-state index in [4.69, 9.17) is 14.2 Å². The largest absolute Gasteiger partial charge is 0.460 e. The van der Waals surface area contributed by atoms with E-state index in [1.165, 1.54) is 24.3 Å². The summed E-state index contributed by atoms with van der Waals surface area (Å²) in [5.41, 5.74) is 1.51. The third kappa shape index (κ3) is 5.63. The molecule has 0 fully saturated rings. The summed E-state index contributed by atoms with van der Waals surface area (Å²) in [7, 11) is 0. The van der Waals surface area contributed by atoms with Crippen LogP contribution in [0.25, 0.3) is 0 Å². The maximum absolute atomic E-state index is 11.4. The van der Waals surface area contributed by atoms with Gasteiger partial charge in [-0.15, -0.1) is 0 Å². The molecule has 6 rings (SSSR count). The molecule has 4 bridgehead atoms. The van der Waals surface area contributed by atoms with Crippen molar-refractivity contribution in [1.29, 1.82) is 0 Å². The van der Waals surface area contributed by atoms with Gasteiger partial charge >= 0.3 is 23.9 Å². The number of rotatable bonds is 0. The van der Waals surface area contributed by atoms with Crippen LogP contribution in [-0.2, 0) is 29.0 Å². The number of carbonyl (C=O) groups is 4. The van der Waals surface area contributed by atoms with Crippen molar-refractivity contribution in [2.75, 3.05) is 26.4 Å². The van der Waals surface area contributed by atoms with Gasteiger partial charge in [0.15, 0.2) is 0 Å². The second kappa shape index (κ2) is 10.1. The Hall–Kier alpha value is -3.76. The third-order valence-corrected chi connectivity index (χ3v) is 3.82. The minimum atomic E-state index is -0.694. The summed E-state index contributed by atoms with van der Waals surface area (Å²) in [5, 5.41) is 4.17. The lowest BCUT2D eigenvalue weighted by atomic mass is 10.1. The molecule has 4 aliphatic heterocycles. The minimum absolute atomic E-state index is 0.0120. The first-order chi connectivity index (χ1) is 14.5. The Morgan fingerprint density at radius 1 is 0.467 bits per heavy atom. The molecular formula is C20H16O10. The Kier molecular flexibility index (Phi) is 7.09. The van der Waals surface area contributed by atoms with Gasteiger partial charge in [-0.3, -0.25) is 4.89 Å². The summed E-state index contributed by atoms with van der Waals surface area (Å²) in [6, 6.07) is 12.0. The lowest BCUT2D eigenvalue weighted by Gasteiger charge is -2.09. The minimum Gasteiger partial charge on any atom is -0.460 e. The summed E-state index contributed by atoms with van der Waals surface area (Å²) >= 11 is 0. The van der Waals surface area contributed by atoms with Crippen LogP contribution in [0.3, 0.4) is 0 Å². The lowest BCUT2D eigenvalue weighted by molar-refractivity contribution is -0.481. The molecule has 0 amide bonds. The van der Waals surface area contributed by atoms with Gasteiger partial charge in [0.05, 0.1) is 22.3 Å². The van der Waals surface area contributed by atoms with Gasteiger partial charge in [0.2, 0.25) is 0 Å². The van der Waals surface area contributed by atoms with Gasteiger partial charge in [-0.2, -0.15) is 4.89 Å². The quantitative estimate of drug-likeness (QED) is 0.357. The Morgan fingerprint density at radius 2 is 0.800 bits per heavy atom. The zero-order valence-electron chi connectivity index (χ0n) is 15.5. The van der Waals surface area contributed by atoms with Gasteiger partial charge in [0.25, 0.3) is 0 Å². The second-order valence-electron chi connectivity index (χ2n) is 5.82. The molecule has 0 radical (unpaired) electrons. The summed E-state index contributed by atoms with van der Waals surface area (Å²) in [4.78, 5) is 53.9. The fraction of sp³-hybridized carbons (Fsp3) is 0.200. The number of ether oxygens (including phenoxy) is 3. The zero-order valence-corrected chi connectivity index (χ0v) is 15.5.